The fraction of sp³-hybridized carbons (Fsp3) is 0.143. The highest BCUT2D eigenvalue weighted by molar-refractivity contribution is 9.10. The average Bonchev–Trinajstić information content (AvgIpc) is 2.39. The lowest BCUT2D eigenvalue weighted by molar-refractivity contribution is 0.0784. The molecule has 0 fully saturated rings. The number of hydrogen-bond acceptors (Lipinski definition) is 3. The first kappa shape index (κ1) is 14.3. The molecule has 2 N–H and O–H groups in total. The van der Waals surface area contributed by atoms with Crippen molar-refractivity contribution >= 4 is 21.8 Å². The van der Waals surface area contributed by atoms with E-state index in [4.69, 9.17) is 0 Å². The molecule has 0 spiro atoms. The molecule has 0 aliphatic rings. The largest absolute Gasteiger partial charge is 0.494 e. The first-order valence-corrected chi connectivity index (χ1v) is 6.68. The van der Waals surface area contributed by atoms with Crippen molar-refractivity contribution in [1.29, 1.82) is 0 Å². The van der Waals surface area contributed by atoms with Gasteiger partial charge in [-0.25, -0.2) is 0 Å². The second-order valence-corrected chi connectivity index (χ2v) is 5.32. The number of aromatic nitrogens is 1. The Hall–Kier alpha value is -2.08. The lowest BCUT2D eigenvalue weighted by atomic mass is 10.2. The second-order valence-electron chi connectivity index (χ2n) is 4.41. The number of carbonyl (C=O) groups is 1. The summed E-state index contributed by atoms with van der Waals surface area (Å²) in [4.78, 5) is 27.1. The van der Waals surface area contributed by atoms with E-state index in [0.717, 1.165) is 10.0 Å². The van der Waals surface area contributed by atoms with Gasteiger partial charge in [-0.2, -0.15) is 0 Å². The van der Waals surface area contributed by atoms with Crippen LogP contribution in [-0.4, -0.2) is 27.9 Å². The number of H-pyrrole nitrogens is 1. The van der Waals surface area contributed by atoms with Gasteiger partial charge in [-0.15, -0.1) is 0 Å². The predicted molar refractivity (Wildman–Crippen MR) is 78.7 cm³/mol. The van der Waals surface area contributed by atoms with E-state index in [1.807, 2.05) is 24.3 Å². The third-order valence-corrected chi connectivity index (χ3v) is 3.29. The first-order chi connectivity index (χ1) is 9.45. The number of pyridine rings is 1. The van der Waals surface area contributed by atoms with Gasteiger partial charge < -0.3 is 10.0 Å². The van der Waals surface area contributed by atoms with Crippen molar-refractivity contribution in [1.82, 2.24) is 9.88 Å². The summed E-state index contributed by atoms with van der Waals surface area (Å²) in [6.07, 6.45) is 0. The van der Waals surface area contributed by atoms with Gasteiger partial charge in [0.05, 0.1) is 5.56 Å². The molecule has 0 saturated heterocycles. The Morgan fingerprint density at radius 3 is 2.55 bits per heavy atom. The van der Waals surface area contributed by atoms with Gasteiger partial charge in [0.1, 0.15) is 0 Å². The number of aromatic amines is 1. The Balaban J connectivity index is 2.16. The van der Waals surface area contributed by atoms with Crippen molar-refractivity contribution in [3.05, 3.63) is 62.4 Å². The average molecular weight is 337 g/mol. The molecule has 104 valence electrons. The molecule has 6 heteroatoms. The Kier molecular flexibility index (Phi) is 4.24. The summed E-state index contributed by atoms with van der Waals surface area (Å²) >= 11 is 3.35. The molecule has 2 aromatic rings. The van der Waals surface area contributed by atoms with E-state index in [-0.39, 0.29) is 17.4 Å². The zero-order valence-electron chi connectivity index (χ0n) is 10.8. The van der Waals surface area contributed by atoms with Crippen molar-refractivity contribution in [2.45, 2.75) is 6.54 Å². The smallest absolute Gasteiger partial charge is 0.254 e. The number of carbonyl (C=O) groups excluding carboxylic acids is 1. The molecule has 0 unspecified atom stereocenters. The zero-order valence-corrected chi connectivity index (χ0v) is 12.3. The van der Waals surface area contributed by atoms with Gasteiger partial charge in [0.15, 0.2) is 5.88 Å². The van der Waals surface area contributed by atoms with Gasteiger partial charge >= 0.3 is 0 Å². The van der Waals surface area contributed by atoms with Crippen LogP contribution in [0.5, 0.6) is 5.88 Å². The molecule has 1 heterocycles. The molecule has 0 aliphatic carbocycles. The minimum atomic E-state index is -0.509. The summed E-state index contributed by atoms with van der Waals surface area (Å²) in [5.41, 5.74) is 0.620. The number of rotatable bonds is 3. The Morgan fingerprint density at radius 1 is 1.30 bits per heavy atom. The molecule has 0 radical (unpaired) electrons. The Bertz CT molecular complexity index is 680. The number of aromatic hydroxyl groups is 1. The topological polar surface area (TPSA) is 73.4 Å². The highest BCUT2D eigenvalue weighted by Gasteiger charge is 2.13. The van der Waals surface area contributed by atoms with Crippen LogP contribution in [-0.2, 0) is 6.54 Å². The highest BCUT2D eigenvalue weighted by atomic mass is 79.9. The molecule has 1 aromatic heterocycles. The normalized spacial score (nSPS) is 10.3. The van der Waals surface area contributed by atoms with Crippen LogP contribution in [0.3, 0.4) is 0 Å². The van der Waals surface area contributed by atoms with Gasteiger partial charge in [0, 0.05) is 30.2 Å². The number of nitrogens with one attached hydrogen (secondary N) is 1. The molecule has 5 nitrogen and oxygen atoms in total. The van der Waals surface area contributed by atoms with Crippen molar-refractivity contribution in [2.24, 2.45) is 0 Å². The summed E-state index contributed by atoms with van der Waals surface area (Å²) in [7, 11) is 1.64. The molecular formula is C14H13BrN2O3. The summed E-state index contributed by atoms with van der Waals surface area (Å²) in [6, 6.07) is 10.0. The van der Waals surface area contributed by atoms with Crippen molar-refractivity contribution in [3.8, 4) is 5.88 Å². The fourth-order valence-corrected chi connectivity index (χ4v) is 2.07. The molecule has 0 saturated carbocycles. The van der Waals surface area contributed by atoms with Gasteiger partial charge in [-0.05, 0) is 17.7 Å². The standard InChI is InChI=1S/C14H13BrN2O3/c1-17(8-9-2-4-11(15)5-3-9)14(20)10-6-12(18)16-13(19)7-10/h2-7H,8H2,1H3,(H2,16,18,19). The van der Waals surface area contributed by atoms with E-state index in [9.17, 15) is 14.7 Å². The van der Waals surface area contributed by atoms with Crippen LogP contribution in [0.2, 0.25) is 0 Å². The number of nitrogens with zero attached hydrogens (tertiary/aromatic N) is 1. The quantitative estimate of drug-likeness (QED) is 0.901. The summed E-state index contributed by atoms with van der Waals surface area (Å²) in [6.45, 7) is 0.416. The van der Waals surface area contributed by atoms with Crippen molar-refractivity contribution < 1.29 is 9.90 Å². The minimum Gasteiger partial charge on any atom is -0.494 e. The molecule has 0 bridgehead atoms. The minimum absolute atomic E-state index is 0.158. The number of hydrogen-bond donors (Lipinski definition) is 2. The third-order valence-electron chi connectivity index (χ3n) is 2.76. The van der Waals surface area contributed by atoms with Gasteiger partial charge in [0.2, 0.25) is 0 Å². The van der Waals surface area contributed by atoms with Crippen LogP contribution >= 0.6 is 15.9 Å². The maximum absolute atomic E-state index is 12.2. The molecule has 1 amide bonds. The predicted octanol–water partition coefficient (Wildman–Crippen LogP) is 2.12. The number of benzene rings is 1. The van der Waals surface area contributed by atoms with Crippen molar-refractivity contribution in [2.75, 3.05) is 7.05 Å². The van der Waals surface area contributed by atoms with Crippen LogP contribution in [0, 0.1) is 0 Å². The molecule has 2 rings (SSSR count). The third kappa shape index (κ3) is 3.48. The van der Waals surface area contributed by atoms with E-state index in [2.05, 4.69) is 20.9 Å². The highest BCUT2D eigenvalue weighted by Crippen LogP contribution is 2.13. The van der Waals surface area contributed by atoms with Crippen LogP contribution in [0.1, 0.15) is 15.9 Å². The molecule has 0 atom stereocenters. The molecule has 0 aliphatic heterocycles. The Morgan fingerprint density at radius 2 is 1.95 bits per heavy atom. The van der Waals surface area contributed by atoms with E-state index in [1.165, 1.54) is 17.0 Å². The summed E-state index contributed by atoms with van der Waals surface area (Å²) in [5, 5.41) is 9.31. The fourth-order valence-electron chi connectivity index (χ4n) is 1.81. The van der Waals surface area contributed by atoms with E-state index in [0.29, 0.717) is 6.54 Å². The SMILES string of the molecule is CN(Cc1ccc(Br)cc1)C(=O)c1cc(O)[nH]c(=O)c1. The maximum Gasteiger partial charge on any atom is 0.254 e. The van der Waals surface area contributed by atoms with E-state index < -0.39 is 5.56 Å². The monoisotopic (exact) mass is 336 g/mol. The van der Waals surface area contributed by atoms with Crippen LogP contribution in [0.25, 0.3) is 0 Å². The lowest BCUT2D eigenvalue weighted by Crippen LogP contribution is -2.27. The van der Waals surface area contributed by atoms with Crippen LogP contribution in [0.4, 0.5) is 0 Å². The van der Waals surface area contributed by atoms with Gasteiger partial charge in [-0.1, -0.05) is 28.1 Å². The number of amides is 1. The summed E-state index contributed by atoms with van der Waals surface area (Å²) < 4.78 is 0.967. The molecule has 20 heavy (non-hydrogen) atoms. The lowest BCUT2D eigenvalue weighted by Gasteiger charge is -2.17. The maximum atomic E-state index is 12.2. The van der Waals surface area contributed by atoms with Crippen molar-refractivity contribution in [3.63, 3.8) is 0 Å². The molecular weight excluding hydrogens is 324 g/mol. The van der Waals surface area contributed by atoms with Crippen LogP contribution < -0.4 is 5.56 Å². The van der Waals surface area contributed by atoms with Gasteiger partial charge in [0.25, 0.3) is 11.5 Å². The number of halogens is 1. The van der Waals surface area contributed by atoms with E-state index >= 15 is 0 Å². The molecule has 1 aromatic carbocycles. The second kappa shape index (κ2) is 5.92. The van der Waals surface area contributed by atoms with Crippen LogP contribution in [0.15, 0.2) is 45.7 Å². The Labute approximate surface area is 124 Å². The first-order valence-electron chi connectivity index (χ1n) is 5.89. The zero-order chi connectivity index (χ0) is 14.7. The summed E-state index contributed by atoms with van der Waals surface area (Å²) in [5.74, 6) is -0.646. The van der Waals surface area contributed by atoms with Gasteiger partial charge in [-0.3, -0.25) is 14.6 Å². The van der Waals surface area contributed by atoms with E-state index in [1.54, 1.807) is 7.05 Å².